The maximum absolute atomic E-state index is 13.6. The minimum absolute atomic E-state index is 0. The van der Waals surface area contributed by atoms with Crippen LogP contribution in [0.4, 0.5) is 22.7 Å². The van der Waals surface area contributed by atoms with E-state index in [1.54, 1.807) is 12.1 Å². The molecule has 0 saturated carbocycles. The molecule has 0 radical (unpaired) electrons. The van der Waals surface area contributed by atoms with Crippen molar-refractivity contribution in [2.24, 2.45) is 0 Å². The van der Waals surface area contributed by atoms with E-state index in [0.29, 0.717) is 34.1 Å². The Kier molecular flexibility index (Phi) is 4.94. The van der Waals surface area contributed by atoms with Crippen molar-refractivity contribution in [2.75, 3.05) is 10.6 Å². The summed E-state index contributed by atoms with van der Waals surface area (Å²) in [7, 11) is 0. The molecule has 5 nitrogen and oxygen atoms in total. The number of ketones is 1. The standard InChI is InChI=1S/C25H16N2O3.Na.H/c28-23(15-7-5-11-19-24(15)29-21-13-3-1-9-17(21)26-19)16-8-6-12-20-25(16)30-22-14-4-2-10-18(22)27-20;;/h1-14,26-27H;;/q;+1;-1. The molecule has 0 amide bonds. The van der Waals surface area contributed by atoms with Crippen molar-refractivity contribution in [1.29, 1.82) is 0 Å². The van der Waals surface area contributed by atoms with Crippen LogP contribution < -0.4 is 49.7 Å². The van der Waals surface area contributed by atoms with Crippen LogP contribution in [0.5, 0.6) is 23.0 Å². The first-order valence-electron chi connectivity index (χ1n) is 9.66. The van der Waals surface area contributed by atoms with Crippen molar-refractivity contribution < 1.29 is 45.3 Å². The van der Waals surface area contributed by atoms with Crippen molar-refractivity contribution in [3.8, 4) is 23.0 Å². The molecule has 0 unspecified atom stereocenters. The van der Waals surface area contributed by atoms with Gasteiger partial charge < -0.3 is 21.5 Å². The van der Waals surface area contributed by atoms with Gasteiger partial charge in [-0.2, -0.15) is 0 Å². The van der Waals surface area contributed by atoms with E-state index < -0.39 is 0 Å². The molecule has 2 heterocycles. The largest absolute Gasteiger partial charge is 1.00 e. The van der Waals surface area contributed by atoms with Gasteiger partial charge >= 0.3 is 29.6 Å². The van der Waals surface area contributed by atoms with Gasteiger partial charge in [0.2, 0.25) is 5.78 Å². The summed E-state index contributed by atoms with van der Waals surface area (Å²) in [5.41, 5.74) is 4.21. The molecule has 0 atom stereocenters. The van der Waals surface area contributed by atoms with Gasteiger partial charge in [0.05, 0.1) is 33.9 Å². The van der Waals surface area contributed by atoms with Crippen LogP contribution in [-0.4, -0.2) is 5.78 Å². The van der Waals surface area contributed by atoms with Crippen molar-refractivity contribution in [3.63, 3.8) is 0 Å². The fraction of sp³-hybridized carbons (Fsp3) is 0. The fourth-order valence-corrected chi connectivity index (χ4v) is 3.82. The monoisotopic (exact) mass is 416 g/mol. The summed E-state index contributed by atoms with van der Waals surface area (Å²) in [5, 5.41) is 6.68. The summed E-state index contributed by atoms with van der Waals surface area (Å²) in [6.07, 6.45) is 0. The molecule has 2 N–H and O–H groups in total. The second kappa shape index (κ2) is 7.78. The number of carbonyl (C=O) groups excluding carboxylic acids is 1. The Morgan fingerprint density at radius 1 is 0.581 bits per heavy atom. The zero-order chi connectivity index (χ0) is 20.1. The van der Waals surface area contributed by atoms with Crippen LogP contribution in [0.25, 0.3) is 0 Å². The maximum atomic E-state index is 13.6. The fourth-order valence-electron chi connectivity index (χ4n) is 3.82. The van der Waals surface area contributed by atoms with Crippen LogP contribution in [0.15, 0.2) is 84.9 Å². The molecule has 0 bridgehead atoms. The van der Waals surface area contributed by atoms with Gasteiger partial charge in [0.1, 0.15) is 0 Å². The predicted molar refractivity (Wildman–Crippen MR) is 117 cm³/mol. The van der Waals surface area contributed by atoms with Crippen molar-refractivity contribution in [3.05, 3.63) is 96.1 Å². The number of hydrogen-bond donors (Lipinski definition) is 2. The molecule has 2 aliphatic rings. The quantitative estimate of drug-likeness (QED) is 0.333. The summed E-state index contributed by atoms with van der Waals surface area (Å²) < 4.78 is 12.2. The first-order valence-corrected chi connectivity index (χ1v) is 9.66. The molecule has 2 aliphatic heterocycles. The number of hydrogen-bond acceptors (Lipinski definition) is 5. The molecule has 0 spiro atoms. The molecule has 6 heteroatoms. The normalized spacial score (nSPS) is 12.1. The van der Waals surface area contributed by atoms with E-state index in [2.05, 4.69) is 10.6 Å². The van der Waals surface area contributed by atoms with Gasteiger partial charge in [-0.15, -0.1) is 0 Å². The molecule has 0 saturated heterocycles. The molecule has 6 rings (SSSR count). The van der Waals surface area contributed by atoms with Gasteiger partial charge in [0, 0.05) is 0 Å². The zero-order valence-electron chi connectivity index (χ0n) is 17.8. The van der Waals surface area contributed by atoms with E-state index in [9.17, 15) is 4.79 Å². The number of para-hydroxylation sites is 6. The van der Waals surface area contributed by atoms with Crippen LogP contribution in [0, 0.1) is 0 Å². The van der Waals surface area contributed by atoms with E-state index in [4.69, 9.17) is 9.47 Å². The van der Waals surface area contributed by atoms with Crippen molar-refractivity contribution in [1.82, 2.24) is 0 Å². The number of anilines is 4. The third-order valence-corrected chi connectivity index (χ3v) is 5.26. The molecule has 0 aromatic heterocycles. The topological polar surface area (TPSA) is 59.6 Å². The smallest absolute Gasteiger partial charge is 1.00 e. The predicted octanol–water partition coefficient (Wildman–Crippen LogP) is 3.73. The van der Waals surface area contributed by atoms with E-state index in [0.717, 1.165) is 22.7 Å². The molecular formula is C25H17N2NaO3. The van der Waals surface area contributed by atoms with E-state index in [1.807, 2.05) is 72.8 Å². The molecule has 146 valence electrons. The summed E-state index contributed by atoms with van der Waals surface area (Å²) >= 11 is 0. The summed E-state index contributed by atoms with van der Waals surface area (Å²) in [4.78, 5) is 13.6. The number of ether oxygens (including phenoxy) is 2. The van der Waals surface area contributed by atoms with Crippen LogP contribution in [-0.2, 0) is 0 Å². The second-order valence-electron chi connectivity index (χ2n) is 7.14. The third-order valence-electron chi connectivity index (χ3n) is 5.26. The Bertz CT molecular complexity index is 1240. The molecular weight excluding hydrogens is 399 g/mol. The second-order valence-corrected chi connectivity index (χ2v) is 7.14. The Labute approximate surface area is 202 Å². The Balaban J connectivity index is 0.00000122. The average molecular weight is 416 g/mol. The van der Waals surface area contributed by atoms with Crippen LogP contribution in [0.1, 0.15) is 17.3 Å². The summed E-state index contributed by atoms with van der Waals surface area (Å²) in [5.74, 6) is 2.25. The van der Waals surface area contributed by atoms with Crippen molar-refractivity contribution >= 4 is 28.5 Å². The number of rotatable bonds is 2. The number of fused-ring (bicyclic) bond motifs is 4. The number of benzene rings is 4. The Morgan fingerprint density at radius 3 is 1.48 bits per heavy atom. The Hall–Kier alpha value is -3.25. The Morgan fingerprint density at radius 2 is 1.00 bits per heavy atom. The maximum Gasteiger partial charge on any atom is 1.00 e. The van der Waals surface area contributed by atoms with E-state index >= 15 is 0 Å². The first-order chi connectivity index (χ1) is 14.8. The zero-order valence-corrected chi connectivity index (χ0v) is 18.8. The first kappa shape index (κ1) is 19.7. The van der Waals surface area contributed by atoms with Crippen LogP contribution in [0.2, 0.25) is 0 Å². The van der Waals surface area contributed by atoms with Gasteiger partial charge in [-0.1, -0.05) is 36.4 Å². The molecule has 31 heavy (non-hydrogen) atoms. The van der Waals surface area contributed by atoms with Gasteiger partial charge in [-0.05, 0) is 48.5 Å². The third kappa shape index (κ3) is 3.27. The van der Waals surface area contributed by atoms with Gasteiger partial charge in [0.25, 0.3) is 0 Å². The van der Waals surface area contributed by atoms with Gasteiger partial charge in [-0.3, -0.25) is 4.79 Å². The average Bonchev–Trinajstić information content (AvgIpc) is 2.80. The minimum atomic E-state index is -0.161. The van der Waals surface area contributed by atoms with E-state index in [1.165, 1.54) is 0 Å². The molecule has 0 aliphatic carbocycles. The van der Waals surface area contributed by atoms with Crippen molar-refractivity contribution in [2.45, 2.75) is 0 Å². The summed E-state index contributed by atoms with van der Waals surface area (Å²) in [6, 6.07) is 26.4. The number of nitrogens with one attached hydrogen (secondary N) is 2. The SMILES string of the molecule is O=C(c1cccc2c1Oc1ccccc1N2)c1cccc2c1Oc1ccccc1N2.[H-].[Na+]. The molecule has 0 fully saturated rings. The molecule has 4 aromatic carbocycles. The van der Waals surface area contributed by atoms with Crippen LogP contribution >= 0.6 is 0 Å². The number of carbonyl (C=O) groups is 1. The van der Waals surface area contributed by atoms with Gasteiger partial charge in [-0.25, -0.2) is 0 Å². The van der Waals surface area contributed by atoms with Gasteiger partial charge in [0.15, 0.2) is 23.0 Å². The summed E-state index contributed by atoms with van der Waals surface area (Å²) in [6.45, 7) is 0. The molecule has 4 aromatic rings. The minimum Gasteiger partial charge on any atom is -1.00 e. The van der Waals surface area contributed by atoms with E-state index in [-0.39, 0.29) is 36.8 Å². The van der Waals surface area contributed by atoms with Crippen LogP contribution in [0.3, 0.4) is 0 Å².